The predicted octanol–water partition coefficient (Wildman–Crippen LogP) is 3.44. The molecule has 0 aromatic heterocycles. The first-order valence-electron chi connectivity index (χ1n) is 7.12. The second kappa shape index (κ2) is 9.32. The van der Waals surface area contributed by atoms with Gasteiger partial charge in [-0.05, 0) is 19.8 Å². The molecular weight excluding hydrogens is 369 g/mol. The number of nitrogens with one attached hydrogen (secondary N) is 1. The molecule has 1 aliphatic rings. The van der Waals surface area contributed by atoms with E-state index in [2.05, 4.69) is 54.7 Å². The zero-order valence-electron chi connectivity index (χ0n) is 13.0. The Morgan fingerprint density at radius 3 is 2.47 bits per heavy atom. The highest BCUT2D eigenvalue weighted by Gasteiger charge is 2.28. The third kappa shape index (κ3) is 6.56. The van der Waals surface area contributed by atoms with Crippen LogP contribution in [0.2, 0.25) is 0 Å². The van der Waals surface area contributed by atoms with Gasteiger partial charge in [0.1, 0.15) is 0 Å². The average Bonchev–Trinajstić information content (AvgIpc) is 2.33. The molecule has 114 valence electrons. The summed E-state index contributed by atoms with van der Waals surface area (Å²) in [5.41, 5.74) is 0. The Morgan fingerprint density at radius 2 is 2.00 bits per heavy atom. The number of aliphatic imine (C=N–C) groups is 1. The molecule has 19 heavy (non-hydrogen) atoms. The van der Waals surface area contributed by atoms with Gasteiger partial charge in [-0.15, -0.1) is 24.0 Å². The van der Waals surface area contributed by atoms with Crippen molar-refractivity contribution in [3.63, 3.8) is 0 Å². The SMILES string of the molecule is CCC(CC)CNC(=NC)N1CCSC(C)(C)C1.I. The fraction of sp³-hybridized carbons (Fsp3) is 0.929. The first-order valence-corrected chi connectivity index (χ1v) is 8.10. The summed E-state index contributed by atoms with van der Waals surface area (Å²) in [4.78, 5) is 6.84. The van der Waals surface area contributed by atoms with Crippen LogP contribution in [0.1, 0.15) is 40.5 Å². The van der Waals surface area contributed by atoms with E-state index < -0.39 is 0 Å². The molecule has 0 aromatic rings. The molecule has 1 aliphatic heterocycles. The van der Waals surface area contributed by atoms with Crippen molar-refractivity contribution < 1.29 is 0 Å². The van der Waals surface area contributed by atoms with Gasteiger partial charge in [0, 0.05) is 37.2 Å². The molecular formula is C14H30IN3S. The molecule has 0 bridgehead atoms. The van der Waals surface area contributed by atoms with E-state index in [1.807, 2.05) is 7.05 Å². The molecule has 1 saturated heterocycles. The van der Waals surface area contributed by atoms with Gasteiger partial charge in [-0.2, -0.15) is 11.8 Å². The van der Waals surface area contributed by atoms with Gasteiger partial charge >= 0.3 is 0 Å². The molecule has 0 aromatic carbocycles. The average molecular weight is 399 g/mol. The van der Waals surface area contributed by atoms with Crippen molar-refractivity contribution in [2.24, 2.45) is 10.9 Å². The minimum Gasteiger partial charge on any atom is -0.356 e. The summed E-state index contributed by atoms with van der Waals surface area (Å²) >= 11 is 2.06. The van der Waals surface area contributed by atoms with Gasteiger partial charge in [-0.1, -0.05) is 26.7 Å². The molecule has 0 unspecified atom stereocenters. The van der Waals surface area contributed by atoms with E-state index >= 15 is 0 Å². The van der Waals surface area contributed by atoms with Crippen LogP contribution < -0.4 is 5.32 Å². The van der Waals surface area contributed by atoms with Crippen LogP contribution in [0.3, 0.4) is 0 Å². The second-order valence-electron chi connectivity index (χ2n) is 5.64. The standard InChI is InChI=1S/C14H29N3S.HI/c1-6-12(7-2)10-16-13(15-5)17-8-9-18-14(3,4)11-17;/h12H,6-11H2,1-5H3,(H,15,16);1H. The lowest BCUT2D eigenvalue weighted by molar-refractivity contribution is 0.368. The number of halogens is 1. The minimum absolute atomic E-state index is 0. The monoisotopic (exact) mass is 399 g/mol. The number of nitrogens with zero attached hydrogens (tertiary/aromatic N) is 2. The van der Waals surface area contributed by atoms with Crippen molar-refractivity contribution >= 4 is 41.7 Å². The number of thioether (sulfide) groups is 1. The van der Waals surface area contributed by atoms with Gasteiger partial charge in [0.15, 0.2) is 5.96 Å². The smallest absolute Gasteiger partial charge is 0.193 e. The Bertz CT molecular complexity index is 278. The minimum atomic E-state index is 0. The Kier molecular flexibility index (Phi) is 9.49. The maximum Gasteiger partial charge on any atom is 0.193 e. The lowest BCUT2D eigenvalue weighted by Gasteiger charge is -2.39. The van der Waals surface area contributed by atoms with Crippen LogP contribution >= 0.6 is 35.7 Å². The first-order chi connectivity index (χ1) is 8.52. The molecule has 0 spiro atoms. The van der Waals surface area contributed by atoms with Gasteiger partial charge in [-0.25, -0.2) is 0 Å². The molecule has 0 saturated carbocycles. The van der Waals surface area contributed by atoms with Crippen molar-refractivity contribution in [1.29, 1.82) is 0 Å². The summed E-state index contributed by atoms with van der Waals surface area (Å²) in [5, 5.41) is 3.55. The normalized spacial score (nSPS) is 19.3. The lowest BCUT2D eigenvalue weighted by atomic mass is 10.0. The van der Waals surface area contributed by atoms with E-state index in [0.717, 1.165) is 31.5 Å². The summed E-state index contributed by atoms with van der Waals surface area (Å²) in [6.45, 7) is 12.4. The molecule has 1 rings (SSSR count). The number of hydrogen-bond acceptors (Lipinski definition) is 2. The van der Waals surface area contributed by atoms with Crippen molar-refractivity contribution in [3.05, 3.63) is 0 Å². The zero-order chi connectivity index (χ0) is 13.6. The molecule has 1 fully saturated rings. The van der Waals surface area contributed by atoms with Gasteiger partial charge in [0.05, 0.1) is 0 Å². The van der Waals surface area contributed by atoms with Crippen LogP contribution in [0.4, 0.5) is 0 Å². The Hall–Kier alpha value is 0.350. The van der Waals surface area contributed by atoms with Crippen molar-refractivity contribution in [3.8, 4) is 0 Å². The highest BCUT2D eigenvalue weighted by Crippen LogP contribution is 2.29. The van der Waals surface area contributed by atoms with E-state index in [4.69, 9.17) is 0 Å². The van der Waals surface area contributed by atoms with Crippen LogP contribution in [-0.4, -0.2) is 48.0 Å². The first kappa shape index (κ1) is 19.4. The molecule has 3 nitrogen and oxygen atoms in total. The summed E-state index contributed by atoms with van der Waals surface area (Å²) in [5.74, 6) is 3.03. The molecule has 1 N–H and O–H groups in total. The molecule has 0 atom stereocenters. The second-order valence-corrected chi connectivity index (χ2v) is 7.44. The van der Waals surface area contributed by atoms with Crippen molar-refractivity contribution in [2.75, 3.05) is 32.4 Å². The zero-order valence-corrected chi connectivity index (χ0v) is 16.2. The van der Waals surface area contributed by atoms with E-state index in [9.17, 15) is 0 Å². The van der Waals surface area contributed by atoms with Crippen LogP contribution in [0.5, 0.6) is 0 Å². The van der Waals surface area contributed by atoms with Crippen LogP contribution in [0.25, 0.3) is 0 Å². The van der Waals surface area contributed by atoms with E-state index in [-0.39, 0.29) is 24.0 Å². The van der Waals surface area contributed by atoms with E-state index in [1.165, 1.54) is 18.6 Å². The Morgan fingerprint density at radius 1 is 1.37 bits per heavy atom. The maximum atomic E-state index is 4.44. The largest absolute Gasteiger partial charge is 0.356 e. The number of rotatable bonds is 4. The number of hydrogen-bond donors (Lipinski definition) is 1. The Labute approximate surface area is 140 Å². The maximum absolute atomic E-state index is 4.44. The third-order valence-electron chi connectivity index (χ3n) is 3.64. The predicted molar refractivity (Wildman–Crippen MR) is 99.0 cm³/mol. The van der Waals surface area contributed by atoms with Crippen LogP contribution in [0, 0.1) is 5.92 Å². The molecule has 5 heteroatoms. The molecule has 0 aliphatic carbocycles. The van der Waals surface area contributed by atoms with E-state index in [0.29, 0.717) is 4.75 Å². The molecule has 0 amide bonds. The summed E-state index contributed by atoms with van der Waals surface area (Å²) in [7, 11) is 1.89. The quantitative estimate of drug-likeness (QED) is 0.446. The summed E-state index contributed by atoms with van der Waals surface area (Å²) < 4.78 is 0.338. The number of guanidine groups is 1. The molecule has 0 radical (unpaired) electrons. The van der Waals surface area contributed by atoms with Gasteiger partial charge in [-0.3, -0.25) is 4.99 Å². The Balaban J connectivity index is 0.00000324. The molecule has 1 heterocycles. The highest BCUT2D eigenvalue weighted by molar-refractivity contribution is 14.0. The van der Waals surface area contributed by atoms with Crippen LogP contribution in [0.15, 0.2) is 4.99 Å². The fourth-order valence-corrected chi connectivity index (χ4v) is 3.45. The fourth-order valence-electron chi connectivity index (χ4n) is 2.34. The third-order valence-corrected chi connectivity index (χ3v) is 4.94. The highest BCUT2D eigenvalue weighted by atomic mass is 127. The van der Waals surface area contributed by atoms with E-state index in [1.54, 1.807) is 0 Å². The summed E-state index contributed by atoms with van der Waals surface area (Å²) in [6, 6.07) is 0. The lowest BCUT2D eigenvalue weighted by Crippen LogP contribution is -2.51. The van der Waals surface area contributed by atoms with Crippen molar-refractivity contribution in [2.45, 2.75) is 45.3 Å². The van der Waals surface area contributed by atoms with Gasteiger partial charge < -0.3 is 10.2 Å². The van der Waals surface area contributed by atoms with Crippen molar-refractivity contribution in [1.82, 2.24) is 10.2 Å². The van der Waals surface area contributed by atoms with Gasteiger partial charge in [0.25, 0.3) is 0 Å². The van der Waals surface area contributed by atoms with Gasteiger partial charge in [0.2, 0.25) is 0 Å². The summed E-state index contributed by atoms with van der Waals surface area (Å²) in [6.07, 6.45) is 2.48. The topological polar surface area (TPSA) is 27.6 Å². The van der Waals surface area contributed by atoms with Crippen LogP contribution in [-0.2, 0) is 0 Å².